The summed E-state index contributed by atoms with van der Waals surface area (Å²) in [5, 5.41) is 9.14. The first kappa shape index (κ1) is 11.5. The van der Waals surface area contributed by atoms with Crippen LogP contribution in [0.25, 0.3) is 0 Å². The lowest BCUT2D eigenvalue weighted by atomic mass is 9.80. The van der Waals surface area contributed by atoms with E-state index in [0.29, 0.717) is 4.34 Å². The second kappa shape index (κ2) is 3.91. The Hall–Kier alpha value is -0.540. The number of hydrogen-bond donors (Lipinski definition) is 1. The Morgan fingerprint density at radius 2 is 2.07 bits per heavy atom. The van der Waals surface area contributed by atoms with Crippen LogP contribution in [-0.4, -0.2) is 11.1 Å². The Labute approximate surface area is 92.5 Å². The molecular weight excluding hydrogens is 220 g/mol. The van der Waals surface area contributed by atoms with E-state index in [-0.39, 0.29) is 5.41 Å². The van der Waals surface area contributed by atoms with Crippen LogP contribution >= 0.6 is 22.9 Å². The highest BCUT2D eigenvalue weighted by atomic mass is 35.5. The molecule has 0 radical (unpaired) electrons. The van der Waals surface area contributed by atoms with Gasteiger partial charge in [-0.05, 0) is 17.5 Å². The maximum Gasteiger partial charge on any atom is 0.312 e. The quantitative estimate of drug-likeness (QED) is 0.846. The van der Waals surface area contributed by atoms with Gasteiger partial charge >= 0.3 is 5.97 Å². The van der Waals surface area contributed by atoms with E-state index >= 15 is 0 Å². The molecule has 4 heteroatoms. The van der Waals surface area contributed by atoms with Gasteiger partial charge in [0, 0.05) is 4.88 Å². The third kappa shape index (κ3) is 2.49. The molecule has 0 aliphatic carbocycles. The first-order chi connectivity index (χ1) is 6.32. The Morgan fingerprint density at radius 1 is 1.50 bits per heavy atom. The summed E-state index contributed by atoms with van der Waals surface area (Å²) in [6.07, 6.45) is 0. The van der Waals surface area contributed by atoms with Gasteiger partial charge in [0.1, 0.15) is 0 Å². The molecule has 2 nitrogen and oxygen atoms in total. The number of thiophene rings is 1. The van der Waals surface area contributed by atoms with Crippen LogP contribution in [0.2, 0.25) is 4.34 Å². The molecular formula is C10H13ClO2S. The lowest BCUT2D eigenvalue weighted by molar-refractivity contribution is -0.141. The second-order valence-corrected chi connectivity index (χ2v) is 6.03. The van der Waals surface area contributed by atoms with Crippen molar-refractivity contribution in [3.63, 3.8) is 0 Å². The molecule has 1 aromatic rings. The average Bonchev–Trinajstić information content (AvgIpc) is 2.31. The van der Waals surface area contributed by atoms with Gasteiger partial charge in [-0.25, -0.2) is 0 Å². The van der Waals surface area contributed by atoms with Crippen LogP contribution in [0.4, 0.5) is 0 Å². The van der Waals surface area contributed by atoms with Crippen molar-refractivity contribution < 1.29 is 9.90 Å². The molecule has 0 saturated heterocycles. The first-order valence-electron chi connectivity index (χ1n) is 4.30. The van der Waals surface area contributed by atoms with Crippen LogP contribution in [0.5, 0.6) is 0 Å². The standard InChI is InChI=1S/C10H13ClO2S/c1-10(2,3)8(9(12)13)6-4-5-7(11)14-6/h4-5,8H,1-3H3,(H,12,13). The average molecular weight is 233 g/mol. The predicted octanol–water partition coefficient (Wildman–Crippen LogP) is 3.62. The number of halogens is 1. The van der Waals surface area contributed by atoms with Gasteiger partial charge in [-0.1, -0.05) is 32.4 Å². The molecule has 1 atom stereocenters. The van der Waals surface area contributed by atoms with E-state index in [1.807, 2.05) is 20.8 Å². The van der Waals surface area contributed by atoms with Gasteiger partial charge in [0.25, 0.3) is 0 Å². The van der Waals surface area contributed by atoms with E-state index in [4.69, 9.17) is 16.7 Å². The highest BCUT2D eigenvalue weighted by Crippen LogP contribution is 2.39. The SMILES string of the molecule is CC(C)(C)C(C(=O)O)c1ccc(Cl)s1. The molecule has 14 heavy (non-hydrogen) atoms. The molecule has 0 amide bonds. The Kier molecular flexibility index (Phi) is 3.22. The fraction of sp³-hybridized carbons (Fsp3) is 0.500. The summed E-state index contributed by atoms with van der Waals surface area (Å²) in [5.41, 5.74) is -0.292. The molecule has 1 N–H and O–H groups in total. The zero-order valence-corrected chi connectivity index (χ0v) is 9.95. The van der Waals surface area contributed by atoms with E-state index in [9.17, 15) is 4.79 Å². The van der Waals surface area contributed by atoms with Crippen molar-refractivity contribution in [1.82, 2.24) is 0 Å². The molecule has 0 saturated carbocycles. The number of carbonyl (C=O) groups is 1. The number of carboxylic acid groups (broad SMARTS) is 1. The lowest BCUT2D eigenvalue weighted by Crippen LogP contribution is -2.25. The van der Waals surface area contributed by atoms with Gasteiger partial charge < -0.3 is 5.11 Å². The van der Waals surface area contributed by atoms with Gasteiger partial charge in [-0.15, -0.1) is 11.3 Å². The summed E-state index contributed by atoms with van der Waals surface area (Å²) >= 11 is 7.12. The third-order valence-electron chi connectivity index (χ3n) is 1.99. The normalized spacial score (nSPS) is 14.0. The van der Waals surface area contributed by atoms with Crippen LogP contribution in [0, 0.1) is 5.41 Å². The van der Waals surface area contributed by atoms with Crippen molar-refractivity contribution in [2.75, 3.05) is 0 Å². The summed E-state index contributed by atoms with van der Waals surface area (Å²) < 4.78 is 0.635. The highest BCUT2D eigenvalue weighted by molar-refractivity contribution is 7.16. The molecule has 1 aromatic heterocycles. The Morgan fingerprint density at radius 3 is 2.36 bits per heavy atom. The summed E-state index contributed by atoms with van der Waals surface area (Å²) in [5.74, 6) is -1.28. The van der Waals surface area contributed by atoms with Gasteiger partial charge in [-0.2, -0.15) is 0 Å². The fourth-order valence-electron chi connectivity index (χ4n) is 1.40. The van der Waals surface area contributed by atoms with Crippen LogP contribution in [0.1, 0.15) is 31.6 Å². The topological polar surface area (TPSA) is 37.3 Å². The third-order valence-corrected chi connectivity index (χ3v) is 3.29. The van der Waals surface area contributed by atoms with E-state index in [0.717, 1.165) is 4.88 Å². The summed E-state index contributed by atoms with van der Waals surface area (Å²) in [6.45, 7) is 5.75. The van der Waals surface area contributed by atoms with Gasteiger partial charge in [-0.3, -0.25) is 4.79 Å². The van der Waals surface area contributed by atoms with E-state index in [2.05, 4.69) is 0 Å². The van der Waals surface area contributed by atoms with Crippen molar-refractivity contribution >= 4 is 28.9 Å². The summed E-state index contributed by atoms with van der Waals surface area (Å²) in [7, 11) is 0. The van der Waals surface area contributed by atoms with Gasteiger partial charge in [0.15, 0.2) is 0 Å². The van der Waals surface area contributed by atoms with E-state index < -0.39 is 11.9 Å². The Balaban J connectivity index is 3.07. The smallest absolute Gasteiger partial charge is 0.312 e. The van der Waals surface area contributed by atoms with E-state index in [1.54, 1.807) is 12.1 Å². The molecule has 78 valence electrons. The molecule has 0 aromatic carbocycles. The van der Waals surface area contributed by atoms with Crippen LogP contribution in [-0.2, 0) is 4.79 Å². The maximum absolute atomic E-state index is 11.1. The highest BCUT2D eigenvalue weighted by Gasteiger charge is 2.33. The molecule has 1 unspecified atom stereocenters. The number of rotatable bonds is 2. The maximum atomic E-state index is 11.1. The van der Waals surface area contributed by atoms with Crippen molar-refractivity contribution in [2.45, 2.75) is 26.7 Å². The van der Waals surface area contributed by atoms with Crippen LogP contribution in [0.3, 0.4) is 0 Å². The van der Waals surface area contributed by atoms with Gasteiger partial charge in [0.05, 0.1) is 10.3 Å². The fourth-order valence-corrected chi connectivity index (χ4v) is 2.80. The molecule has 0 aliphatic heterocycles. The van der Waals surface area contributed by atoms with Crippen molar-refractivity contribution in [2.24, 2.45) is 5.41 Å². The summed E-state index contributed by atoms with van der Waals surface area (Å²) in [6, 6.07) is 3.53. The molecule has 0 bridgehead atoms. The first-order valence-corrected chi connectivity index (χ1v) is 5.50. The monoisotopic (exact) mass is 232 g/mol. The number of aliphatic carboxylic acids is 1. The molecule has 0 fully saturated rings. The minimum Gasteiger partial charge on any atom is -0.481 e. The van der Waals surface area contributed by atoms with Crippen molar-refractivity contribution in [3.8, 4) is 0 Å². The molecule has 1 rings (SSSR count). The van der Waals surface area contributed by atoms with Crippen LogP contribution < -0.4 is 0 Å². The number of carboxylic acids is 1. The largest absolute Gasteiger partial charge is 0.481 e. The lowest BCUT2D eigenvalue weighted by Gasteiger charge is -2.25. The zero-order valence-electron chi connectivity index (χ0n) is 8.37. The van der Waals surface area contributed by atoms with Crippen molar-refractivity contribution in [1.29, 1.82) is 0 Å². The van der Waals surface area contributed by atoms with Crippen LogP contribution in [0.15, 0.2) is 12.1 Å². The summed E-state index contributed by atoms with van der Waals surface area (Å²) in [4.78, 5) is 11.9. The van der Waals surface area contributed by atoms with E-state index in [1.165, 1.54) is 11.3 Å². The minimum absolute atomic E-state index is 0.292. The second-order valence-electron chi connectivity index (χ2n) is 4.28. The molecule has 0 spiro atoms. The Bertz CT molecular complexity index is 338. The minimum atomic E-state index is -0.795. The van der Waals surface area contributed by atoms with Gasteiger partial charge in [0.2, 0.25) is 0 Å². The molecule has 1 heterocycles. The molecule has 0 aliphatic rings. The number of hydrogen-bond acceptors (Lipinski definition) is 2. The zero-order chi connectivity index (χ0) is 10.9. The van der Waals surface area contributed by atoms with Crippen molar-refractivity contribution in [3.05, 3.63) is 21.3 Å². The predicted molar refractivity (Wildman–Crippen MR) is 59.2 cm³/mol.